The molecule has 1 aliphatic carbocycles. The highest BCUT2D eigenvalue weighted by Gasteiger charge is 2.45. The Labute approximate surface area is 128 Å². The van der Waals surface area contributed by atoms with Crippen LogP contribution in [-0.4, -0.2) is 41.2 Å². The number of carbonyl (C=O) groups excluding carboxylic acids is 3. The molecule has 21 heavy (non-hydrogen) atoms. The quantitative estimate of drug-likeness (QED) is 0.783. The minimum atomic E-state index is -0.734. The van der Waals surface area contributed by atoms with E-state index in [4.69, 9.17) is 5.73 Å². The lowest BCUT2D eigenvalue weighted by Crippen LogP contribution is -2.46. The maximum Gasteiger partial charge on any atom is 0.261 e. The minimum Gasteiger partial charge on any atom is -0.353 e. The molecule has 0 radical (unpaired) electrons. The highest BCUT2D eigenvalue weighted by atomic mass is 35.5. The van der Waals surface area contributed by atoms with Gasteiger partial charge in [-0.3, -0.25) is 19.3 Å². The van der Waals surface area contributed by atoms with Crippen molar-refractivity contribution in [1.82, 2.24) is 10.2 Å². The Morgan fingerprint density at radius 1 is 1.19 bits per heavy atom. The average molecular weight is 310 g/mol. The molecule has 7 heteroatoms. The standard InChI is InChI=1S/C14H15N3O3.ClH/c15-14(5-6-14)13(20)16-7-8-17-11(18)9-3-1-2-4-10(9)12(17)19;/h1-4H,5-8,15H2,(H,16,20);1H. The molecule has 112 valence electrons. The highest BCUT2D eigenvalue weighted by Crippen LogP contribution is 2.32. The van der Waals surface area contributed by atoms with E-state index in [2.05, 4.69) is 5.32 Å². The predicted octanol–water partition coefficient (Wildman–Crippen LogP) is 0.312. The molecular formula is C14H16ClN3O3. The van der Waals surface area contributed by atoms with Gasteiger partial charge in [0.05, 0.1) is 16.7 Å². The molecule has 0 unspecified atom stereocenters. The summed E-state index contributed by atoms with van der Waals surface area (Å²) in [5.74, 6) is -0.837. The van der Waals surface area contributed by atoms with Crippen molar-refractivity contribution in [2.45, 2.75) is 18.4 Å². The SMILES string of the molecule is Cl.NC1(C(=O)NCCN2C(=O)c3ccccc3C2=O)CC1. The summed E-state index contributed by atoms with van der Waals surface area (Å²) in [7, 11) is 0. The second-order valence-corrected chi connectivity index (χ2v) is 5.22. The summed E-state index contributed by atoms with van der Waals surface area (Å²) >= 11 is 0. The van der Waals surface area contributed by atoms with E-state index in [0.29, 0.717) is 24.0 Å². The van der Waals surface area contributed by atoms with E-state index in [9.17, 15) is 14.4 Å². The van der Waals surface area contributed by atoms with Gasteiger partial charge in [-0.2, -0.15) is 0 Å². The van der Waals surface area contributed by atoms with Gasteiger partial charge >= 0.3 is 0 Å². The summed E-state index contributed by atoms with van der Waals surface area (Å²) in [4.78, 5) is 36.9. The Kier molecular flexibility index (Phi) is 4.02. The van der Waals surface area contributed by atoms with Crippen LogP contribution in [0.2, 0.25) is 0 Å². The molecule has 2 aliphatic rings. The number of nitrogens with two attached hydrogens (primary N) is 1. The Balaban J connectivity index is 0.00000161. The zero-order valence-electron chi connectivity index (χ0n) is 11.3. The number of fused-ring (bicyclic) bond motifs is 1. The first-order valence-electron chi connectivity index (χ1n) is 6.55. The van der Waals surface area contributed by atoms with Gasteiger partial charge in [0.1, 0.15) is 0 Å². The van der Waals surface area contributed by atoms with Gasteiger partial charge in [-0.1, -0.05) is 12.1 Å². The molecule has 3 amide bonds. The van der Waals surface area contributed by atoms with Crippen molar-refractivity contribution < 1.29 is 14.4 Å². The summed E-state index contributed by atoms with van der Waals surface area (Å²) in [5.41, 5.74) is 5.85. The number of hydrogen-bond donors (Lipinski definition) is 2. The van der Waals surface area contributed by atoms with E-state index < -0.39 is 5.54 Å². The zero-order chi connectivity index (χ0) is 14.3. The van der Waals surface area contributed by atoms with Gasteiger partial charge in [-0.25, -0.2) is 0 Å². The van der Waals surface area contributed by atoms with Gasteiger partial charge in [0, 0.05) is 13.1 Å². The van der Waals surface area contributed by atoms with Gasteiger partial charge in [-0.05, 0) is 25.0 Å². The second kappa shape index (κ2) is 5.46. The number of halogens is 1. The predicted molar refractivity (Wildman–Crippen MR) is 78.2 cm³/mol. The second-order valence-electron chi connectivity index (χ2n) is 5.22. The molecule has 0 spiro atoms. The van der Waals surface area contributed by atoms with Crippen LogP contribution in [0.4, 0.5) is 0 Å². The van der Waals surface area contributed by atoms with Crippen LogP contribution in [0.5, 0.6) is 0 Å². The first kappa shape index (κ1) is 15.5. The first-order chi connectivity index (χ1) is 9.53. The third-order valence-corrected chi connectivity index (χ3v) is 3.74. The summed E-state index contributed by atoms with van der Waals surface area (Å²) in [5, 5.41) is 2.67. The molecule has 0 bridgehead atoms. The van der Waals surface area contributed by atoms with Crippen molar-refractivity contribution in [2.75, 3.05) is 13.1 Å². The van der Waals surface area contributed by atoms with Gasteiger partial charge in [0.2, 0.25) is 5.91 Å². The third kappa shape index (κ3) is 2.64. The molecule has 3 rings (SSSR count). The molecule has 1 heterocycles. The Morgan fingerprint density at radius 3 is 2.19 bits per heavy atom. The number of nitrogens with zero attached hydrogens (tertiary/aromatic N) is 1. The number of imide groups is 1. The normalized spacial score (nSPS) is 18.0. The number of amides is 3. The number of nitrogens with one attached hydrogen (secondary N) is 1. The number of benzene rings is 1. The van der Waals surface area contributed by atoms with Crippen molar-refractivity contribution in [2.24, 2.45) is 5.73 Å². The fraction of sp³-hybridized carbons (Fsp3) is 0.357. The Hall–Kier alpha value is -1.92. The average Bonchev–Trinajstić information content (AvgIpc) is 3.16. The Morgan fingerprint density at radius 2 is 1.71 bits per heavy atom. The fourth-order valence-corrected chi connectivity index (χ4v) is 2.26. The van der Waals surface area contributed by atoms with E-state index in [0.717, 1.165) is 4.90 Å². The van der Waals surface area contributed by atoms with Gasteiger partial charge in [0.25, 0.3) is 11.8 Å². The maximum absolute atomic E-state index is 12.1. The molecule has 1 aromatic rings. The van der Waals surface area contributed by atoms with E-state index in [1.54, 1.807) is 24.3 Å². The molecule has 0 aromatic heterocycles. The van der Waals surface area contributed by atoms with Crippen LogP contribution in [0.1, 0.15) is 33.6 Å². The van der Waals surface area contributed by atoms with E-state index >= 15 is 0 Å². The smallest absolute Gasteiger partial charge is 0.261 e. The molecule has 1 fully saturated rings. The highest BCUT2D eigenvalue weighted by molar-refractivity contribution is 6.21. The maximum atomic E-state index is 12.1. The first-order valence-corrected chi connectivity index (χ1v) is 6.55. The molecule has 1 saturated carbocycles. The summed E-state index contributed by atoms with van der Waals surface area (Å²) in [6.45, 7) is 0.386. The lowest BCUT2D eigenvalue weighted by molar-refractivity contribution is -0.123. The number of hydrogen-bond acceptors (Lipinski definition) is 4. The number of carbonyl (C=O) groups is 3. The van der Waals surface area contributed by atoms with Crippen LogP contribution in [0, 0.1) is 0 Å². The summed E-state index contributed by atoms with van der Waals surface area (Å²) in [6, 6.07) is 6.71. The van der Waals surface area contributed by atoms with Crippen LogP contribution in [0.3, 0.4) is 0 Å². The van der Waals surface area contributed by atoms with Crippen molar-refractivity contribution in [3.63, 3.8) is 0 Å². The van der Waals surface area contributed by atoms with Crippen LogP contribution >= 0.6 is 12.4 Å². The van der Waals surface area contributed by atoms with Crippen molar-refractivity contribution >= 4 is 30.1 Å². The molecule has 0 atom stereocenters. The van der Waals surface area contributed by atoms with E-state index in [1.807, 2.05) is 0 Å². The molecule has 3 N–H and O–H groups in total. The van der Waals surface area contributed by atoms with E-state index in [-0.39, 0.29) is 43.2 Å². The largest absolute Gasteiger partial charge is 0.353 e. The lowest BCUT2D eigenvalue weighted by Gasteiger charge is -2.15. The van der Waals surface area contributed by atoms with Gasteiger partial charge in [-0.15, -0.1) is 12.4 Å². The zero-order valence-corrected chi connectivity index (χ0v) is 12.1. The molecule has 6 nitrogen and oxygen atoms in total. The van der Waals surface area contributed by atoms with Crippen LogP contribution in [0.25, 0.3) is 0 Å². The molecule has 1 aliphatic heterocycles. The summed E-state index contributed by atoms with van der Waals surface area (Å²) in [6.07, 6.45) is 1.37. The van der Waals surface area contributed by atoms with Crippen LogP contribution in [-0.2, 0) is 4.79 Å². The van der Waals surface area contributed by atoms with Crippen LogP contribution in [0.15, 0.2) is 24.3 Å². The minimum absolute atomic E-state index is 0. The van der Waals surface area contributed by atoms with Crippen molar-refractivity contribution in [1.29, 1.82) is 0 Å². The van der Waals surface area contributed by atoms with E-state index in [1.165, 1.54) is 0 Å². The monoisotopic (exact) mass is 309 g/mol. The van der Waals surface area contributed by atoms with Gasteiger partial charge < -0.3 is 11.1 Å². The van der Waals surface area contributed by atoms with Crippen molar-refractivity contribution in [3.05, 3.63) is 35.4 Å². The number of rotatable bonds is 4. The topological polar surface area (TPSA) is 92.5 Å². The lowest BCUT2D eigenvalue weighted by atomic mass is 10.1. The third-order valence-electron chi connectivity index (χ3n) is 3.74. The fourth-order valence-electron chi connectivity index (χ4n) is 2.26. The van der Waals surface area contributed by atoms with Gasteiger partial charge in [0.15, 0.2) is 0 Å². The molecule has 0 saturated heterocycles. The van der Waals surface area contributed by atoms with Crippen LogP contribution < -0.4 is 11.1 Å². The van der Waals surface area contributed by atoms with Crippen molar-refractivity contribution in [3.8, 4) is 0 Å². The molecular weight excluding hydrogens is 294 g/mol. The summed E-state index contributed by atoms with van der Waals surface area (Å²) < 4.78 is 0. The Bertz CT molecular complexity index is 578. The molecule has 1 aromatic carbocycles.